The van der Waals surface area contributed by atoms with Crippen LogP contribution in [0.3, 0.4) is 0 Å². The number of ether oxygens (including phenoxy) is 1. The van der Waals surface area contributed by atoms with Gasteiger partial charge in [0.2, 0.25) is 0 Å². The fourth-order valence-electron chi connectivity index (χ4n) is 1.53. The molecule has 5 heteroatoms. The highest BCUT2D eigenvalue weighted by molar-refractivity contribution is 5.83. The molecule has 2 aromatic rings. The van der Waals surface area contributed by atoms with Gasteiger partial charge in [0.05, 0.1) is 6.21 Å². The van der Waals surface area contributed by atoms with Gasteiger partial charge in [-0.25, -0.2) is 5.43 Å². The Balaban J connectivity index is 1.84. The van der Waals surface area contributed by atoms with Gasteiger partial charge >= 0.3 is 0 Å². The molecule has 0 spiro atoms. The average Bonchev–Trinajstić information content (AvgIpc) is 2.85. The molecular weight excluding hydrogens is 256 g/mol. The number of benzene rings is 1. The van der Waals surface area contributed by atoms with Gasteiger partial charge < -0.3 is 9.15 Å². The first-order chi connectivity index (χ1) is 9.65. The van der Waals surface area contributed by atoms with Crippen LogP contribution in [0, 0.1) is 6.92 Å². The maximum atomic E-state index is 11.8. The van der Waals surface area contributed by atoms with E-state index < -0.39 is 6.10 Å². The van der Waals surface area contributed by atoms with E-state index in [0.717, 1.165) is 5.76 Å². The van der Waals surface area contributed by atoms with Gasteiger partial charge in [0.15, 0.2) is 6.10 Å². The minimum atomic E-state index is -0.632. The fourth-order valence-corrected chi connectivity index (χ4v) is 1.53. The highest BCUT2D eigenvalue weighted by Crippen LogP contribution is 2.10. The number of para-hydroxylation sites is 1. The van der Waals surface area contributed by atoms with E-state index in [1.165, 1.54) is 6.21 Å². The Morgan fingerprint density at radius 3 is 2.70 bits per heavy atom. The number of hydrogen-bond acceptors (Lipinski definition) is 4. The number of amides is 1. The van der Waals surface area contributed by atoms with Crippen LogP contribution in [0.25, 0.3) is 0 Å². The minimum Gasteiger partial charge on any atom is -0.481 e. The number of aryl methyl sites for hydroxylation is 1. The van der Waals surface area contributed by atoms with Gasteiger partial charge in [0.25, 0.3) is 5.91 Å². The van der Waals surface area contributed by atoms with E-state index in [9.17, 15) is 4.79 Å². The van der Waals surface area contributed by atoms with Crippen molar-refractivity contribution >= 4 is 12.1 Å². The third-order valence-corrected chi connectivity index (χ3v) is 2.55. The second kappa shape index (κ2) is 6.56. The summed E-state index contributed by atoms with van der Waals surface area (Å²) < 4.78 is 10.8. The van der Waals surface area contributed by atoms with Crippen LogP contribution in [-0.2, 0) is 4.79 Å². The van der Waals surface area contributed by atoms with Gasteiger partial charge in [0, 0.05) is 0 Å². The zero-order valence-electron chi connectivity index (χ0n) is 11.4. The molecule has 0 aliphatic carbocycles. The molecule has 1 aromatic carbocycles. The van der Waals surface area contributed by atoms with Crippen molar-refractivity contribution in [2.45, 2.75) is 20.0 Å². The monoisotopic (exact) mass is 272 g/mol. The molecule has 0 aliphatic heterocycles. The quantitative estimate of drug-likeness (QED) is 0.672. The molecule has 0 saturated heterocycles. The molecule has 1 N–H and O–H groups in total. The lowest BCUT2D eigenvalue weighted by molar-refractivity contribution is -0.127. The van der Waals surface area contributed by atoms with Crippen molar-refractivity contribution in [1.29, 1.82) is 0 Å². The normalized spacial score (nSPS) is 12.3. The van der Waals surface area contributed by atoms with Crippen LogP contribution in [-0.4, -0.2) is 18.2 Å². The topological polar surface area (TPSA) is 63.8 Å². The molecule has 0 bridgehead atoms. The predicted octanol–water partition coefficient (Wildman–Crippen LogP) is 2.51. The lowest BCUT2D eigenvalue weighted by Gasteiger charge is -2.12. The molecule has 0 fully saturated rings. The van der Waals surface area contributed by atoms with Crippen molar-refractivity contribution in [2.24, 2.45) is 5.10 Å². The molecule has 104 valence electrons. The lowest BCUT2D eigenvalue weighted by Crippen LogP contribution is -2.33. The van der Waals surface area contributed by atoms with Crippen LogP contribution in [0.4, 0.5) is 0 Å². The van der Waals surface area contributed by atoms with E-state index in [1.54, 1.807) is 25.1 Å². The molecular formula is C15H16N2O3. The van der Waals surface area contributed by atoms with Crippen LogP contribution in [0.5, 0.6) is 5.75 Å². The van der Waals surface area contributed by atoms with Crippen LogP contribution >= 0.6 is 0 Å². The zero-order valence-corrected chi connectivity index (χ0v) is 11.4. The smallest absolute Gasteiger partial charge is 0.280 e. The van der Waals surface area contributed by atoms with Gasteiger partial charge in [0.1, 0.15) is 17.3 Å². The van der Waals surface area contributed by atoms with Crippen molar-refractivity contribution in [3.05, 3.63) is 54.0 Å². The molecule has 0 saturated carbocycles. The standard InChI is InChI=1S/C15H16N2O3/c1-11-8-9-14(19-11)10-16-17-15(18)12(2)20-13-6-4-3-5-7-13/h3-10,12H,1-2H3,(H,17,18). The van der Waals surface area contributed by atoms with E-state index in [1.807, 2.05) is 31.2 Å². The van der Waals surface area contributed by atoms with Crippen LogP contribution in [0.2, 0.25) is 0 Å². The third-order valence-electron chi connectivity index (χ3n) is 2.55. The number of rotatable bonds is 5. The van der Waals surface area contributed by atoms with Crippen molar-refractivity contribution < 1.29 is 13.9 Å². The summed E-state index contributed by atoms with van der Waals surface area (Å²) in [5.74, 6) is 1.69. The fraction of sp³-hybridized carbons (Fsp3) is 0.200. The largest absolute Gasteiger partial charge is 0.481 e. The molecule has 2 rings (SSSR count). The number of nitrogens with one attached hydrogen (secondary N) is 1. The summed E-state index contributed by atoms with van der Waals surface area (Å²) in [5.41, 5.74) is 2.41. The van der Waals surface area contributed by atoms with Gasteiger partial charge in [-0.15, -0.1) is 0 Å². The van der Waals surface area contributed by atoms with Crippen molar-refractivity contribution in [2.75, 3.05) is 0 Å². The molecule has 1 amide bonds. The van der Waals surface area contributed by atoms with E-state index >= 15 is 0 Å². The number of carbonyl (C=O) groups is 1. The second-order valence-corrected chi connectivity index (χ2v) is 4.26. The molecule has 0 aliphatic rings. The summed E-state index contributed by atoms with van der Waals surface area (Å²) in [4.78, 5) is 11.8. The molecule has 20 heavy (non-hydrogen) atoms. The second-order valence-electron chi connectivity index (χ2n) is 4.26. The first-order valence-electron chi connectivity index (χ1n) is 6.26. The van der Waals surface area contributed by atoms with Crippen LogP contribution in [0.15, 0.2) is 52.0 Å². The Morgan fingerprint density at radius 1 is 1.30 bits per heavy atom. The lowest BCUT2D eigenvalue weighted by atomic mass is 10.3. The number of hydrogen-bond donors (Lipinski definition) is 1. The highest BCUT2D eigenvalue weighted by Gasteiger charge is 2.13. The van der Waals surface area contributed by atoms with E-state index in [4.69, 9.17) is 9.15 Å². The summed E-state index contributed by atoms with van der Waals surface area (Å²) in [6.45, 7) is 3.50. The van der Waals surface area contributed by atoms with E-state index in [2.05, 4.69) is 10.5 Å². The average molecular weight is 272 g/mol. The maximum absolute atomic E-state index is 11.8. The first-order valence-corrected chi connectivity index (χ1v) is 6.26. The predicted molar refractivity (Wildman–Crippen MR) is 75.7 cm³/mol. The molecule has 1 heterocycles. The third kappa shape index (κ3) is 3.98. The zero-order chi connectivity index (χ0) is 14.4. The Kier molecular flexibility index (Phi) is 4.55. The maximum Gasteiger partial charge on any atom is 0.280 e. The number of hydrazone groups is 1. The van der Waals surface area contributed by atoms with Gasteiger partial charge in [-0.2, -0.15) is 5.10 Å². The summed E-state index contributed by atoms with van der Waals surface area (Å²) in [7, 11) is 0. The summed E-state index contributed by atoms with van der Waals surface area (Å²) in [6.07, 6.45) is 0.813. The number of nitrogens with zero attached hydrogens (tertiary/aromatic N) is 1. The van der Waals surface area contributed by atoms with Crippen LogP contribution < -0.4 is 10.2 Å². The Hall–Kier alpha value is -2.56. The molecule has 1 unspecified atom stereocenters. The van der Waals surface area contributed by atoms with E-state index in [0.29, 0.717) is 11.5 Å². The highest BCUT2D eigenvalue weighted by atomic mass is 16.5. The molecule has 1 aromatic heterocycles. The molecule has 1 atom stereocenters. The summed E-state index contributed by atoms with van der Waals surface area (Å²) in [5, 5.41) is 3.82. The summed E-state index contributed by atoms with van der Waals surface area (Å²) >= 11 is 0. The van der Waals surface area contributed by atoms with Gasteiger partial charge in [-0.1, -0.05) is 18.2 Å². The number of carbonyl (C=O) groups excluding carboxylic acids is 1. The molecule has 0 radical (unpaired) electrons. The Bertz CT molecular complexity index is 590. The Morgan fingerprint density at radius 2 is 2.05 bits per heavy atom. The van der Waals surface area contributed by atoms with E-state index in [-0.39, 0.29) is 5.91 Å². The molecule has 5 nitrogen and oxygen atoms in total. The first kappa shape index (κ1) is 13.9. The van der Waals surface area contributed by atoms with Crippen molar-refractivity contribution in [1.82, 2.24) is 5.43 Å². The van der Waals surface area contributed by atoms with Gasteiger partial charge in [-0.05, 0) is 38.1 Å². The Labute approximate surface area is 117 Å². The minimum absolute atomic E-state index is 0.326. The van der Waals surface area contributed by atoms with Gasteiger partial charge in [-0.3, -0.25) is 4.79 Å². The summed E-state index contributed by atoms with van der Waals surface area (Å²) in [6, 6.07) is 12.7. The number of furan rings is 1. The van der Waals surface area contributed by atoms with Crippen molar-refractivity contribution in [3.63, 3.8) is 0 Å². The van der Waals surface area contributed by atoms with Crippen molar-refractivity contribution in [3.8, 4) is 5.75 Å². The van der Waals surface area contributed by atoms with Crippen LogP contribution in [0.1, 0.15) is 18.4 Å². The SMILES string of the molecule is Cc1ccc(C=NNC(=O)C(C)Oc2ccccc2)o1.